The third kappa shape index (κ3) is 1.45. The van der Waals surface area contributed by atoms with Gasteiger partial charge in [0.25, 0.3) is 0 Å². The van der Waals surface area contributed by atoms with Crippen LogP contribution in [-0.2, 0) is 11.2 Å². The molecule has 72 valence electrons. The average molecular weight is 189 g/mol. The zero-order valence-corrected chi connectivity index (χ0v) is 7.66. The van der Waals surface area contributed by atoms with E-state index in [-0.39, 0.29) is 0 Å². The van der Waals surface area contributed by atoms with E-state index in [1.54, 1.807) is 12.1 Å². The highest BCUT2D eigenvalue weighted by molar-refractivity contribution is 5.79. The fourth-order valence-corrected chi connectivity index (χ4v) is 1.81. The van der Waals surface area contributed by atoms with Crippen LogP contribution in [0, 0.1) is 6.42 Å². The summed E-state index contributed by atoms with van der Waals surface area (Å²) in [6.07, 6.45) is 4.48. The monoisotopic (exact) mass is 189 g/mol. The summed E-state index contributed by atoms with van der Waals surface area (Å²) in [6.45, 7) is 0. The number of anilines is 1. The van der Waals surface area contributed by atoms with Gasteiger partial charge >= 0.3 is 5.97 Å². The molecule has 3 heteroatoms. The number of aliphatic carboxylic acids is 1. The van der Waals surface area contributed by atoms with Crippen molar-refractivity contribution in [2.45, 2.75) is 18.8 Å². The van der Waals surface area contributed by atoms with E-state index in [0.29, 0.717) is 12.1 Å². The maximum atomic E-state index is 10.9. The van der Waals surface area contributed by atoms with Gasteiger partial charge in [0.2, 0.25) is 0 Å². The van der Waals surface area contributed by atoms with Crippen molar-refractivity contribution in [3.8, 4) is 0 Å². The molecule has 0 heterocycles. The molecule has 2 radical (unpaired) electrons. The Bertz CT molecular complexity index is 374. The van der Waals surface area contributed by atoms with Crippen LogP contribution in [0.3, 0.4) is 0 Å². The summed E-state index contributed by atoms with van der Waals surface area (Å²) in [5.41, 5.74) is 8.19. The van der Waals surface area contributed by atoms with Gasteiger partial charge in [0.05, 0.1) is 5.92 Å². The molecule has 0 bridgehead atoms. The Labute approximate surface area is 82.5 Å². The Morgan fingerprint density at radius 2 is 2.36 bits per heavy atom. The maximum Gasteiger partial charge on any atom is 0.311 e. The van der Waals surface area contributed by atoms with E-state index in [0.717, 1.165) is 17.5 Å². The molecule has 3 N–H and O–H groups in total. The van der Waals surface area contributed by atoms with Gasteiger partial charge in [-0.1, -0.05) is 6.07 Å². The standard InChI is InChI=1S/C11H11NO2/c12-8-4-5-9-7(6-8)2-1-3-10(9)11(13)14/h4-6,10H,1-2,12H2,(H,13,14). The fraction of sp³-hybridized carbons (Fsp3) is 0.273. The highest BCUT2D eigenvalue weighted by Gasteiger charge is 2.26. The highest BCUT2D eigenvalue weighted by atomic mass is 16.4. The van der Waals surface area contributed by atoms with E-state index in [1.807, 2.05) is 6.07 Å². The van der Waals surface area contributed by atoms with Crippen LogP contribution in [0.25, 0.3) is 0 Å². The lowest BCUT2D eigenvalue weighted by Crippen LogP contribution is -2.18. The van der Waals surface area contributed by atoms with Crippen LogP contribution in [-0.4, -0.2) is 11.1 Å². The molecule has 0 fully saturated rings. The van der Waals surface area contributed by atoms with Gasteiger partial charge in [-0.2, -0.15) is 0 Å². The molecule has 3 nitrogen and oxygen atoms in total. The minimum atomic E-state index is -0.837. The van der Waals surface area contributed by atoms with Crippen molar-refractivity contribution in [1.82, 2.24) is 0 Å². The molecule has 0 amide bonds. The molecule has 0 spiro atoms. The van der Waals surface area contributed by atoms with Gasteiger partial charge in [0.1, 0.15) is 0 Å². The van der Waals surface area contributed by atoms with Crippen molar-refractivity contribution in [3.63, 3.8) is 0 Å². The van der Waals surface area contributed by atoms with Crippen LogP contribution in [0.4, 0.5) is 5.69 Å². The van der Waals surface area contributed by atoms with Crippen LogP contribution in [0.1, 0.15) is 23.5 Å². The summed E-state index contributed by atoms with van der Waals surface area (Å²) >= 11 is 0. The number of benzene rings is 1. The second-order valence-electron chi connectivity index (χ2n) is 3.43. The predicted octanol–water partition coefficient (Wildman–Crippen LogP) is 1.46. The summed E-state index contributed by atoms with van der Waals surface area (Å²) in [5.74, 6) is -1.42. The van der Waals surface area contributed by atoms with E-state index in [9.17, 15) is 4.79 Å². The van der Waals surface area contributed by atoms with Gasteiger partial charge < -0.3 is 10.8 Å². The first-order chi connectivity index (χ1) is 6.68. The molecule has 0 saturated heterocycles. The number of carboxylic acid groups (broad SMARTS) is 1. The lowest BCUT2D eigenvalue weighted by Gasteiger charge is -2.21. The molecular formula is C11H11NO2. The van der Waals surface area contributed by atoms with Gasteiger partial charge in [-0.25, -0.2) is 0 Å². The highest BCUT2D eigenvalue weighted by Crippen LogP contribution is 2.31. The molecule has 0 aromatic heterocycles. The molecular weight excluding hydrogens is 178 g/mol. The zero-order chi connectivity index (χ0) is 10.1. The van der Waals surface area contributed by atoms with E-state index >= 15 is 0 Å². The minimum Gasteiger partial charge on any atom is -0.481 e. The molecule has 1 aliphatic carbocycles. The molecule has 2 rings (SSSR count). The number of hydrogen-bond donors (Lipinski definition) is 2. The summed E-state index contributed by atoms with van der Waals surface area (Å²) in [6, 6.07) is 5.38. The zero-order valence-electron chi connectivity index (χ0n) is 7.66. The number of fused-ring (bicyclic) bond motifs is 1. The molecule has 0 aliphatic heterocycles. The predicted molar refractivity (Wildman–Crippen MR) is 52.8 cm³/mol. The van der Waals surface area contributed by atoms with Gasteiger partial charge in [0.15, 0.2) is 0 Å². The first-order valence-corrected chi connectivity index (χ1v) is 4.53. The minimum absolute atomic E-state index is 0.584. The number of aryl methyl sites for hydroxylation is 1. The molecule has 1 aromatic carbocycles. The normalized spacial score (nSPS) is 20.1. The Kier molecular flexibility index (Phi) is 2.15. The first kappa shape index (κ1) is 9.06. The molecule has 1 unspecified atom stereocenters. The molecule has 14 heavy (non-hydrogen) atoms. The van der Waals surface area contributed by atoms with E-state index < -0.39 is 11.9 Å². The molecule has 1 atom stereocenters. The van der Waals surface area contributed by atoms with Gasteiger partial charge in [0, 0.05) is 12.1 Å². The third-order valence-corrected chi connectivity index (χ3v) is 2.47. The van der Waals surface area contributed by atoms with Gasteiger partial charge in [-0.15, -0.1) is 0 Å². The Hall–Kier alpha value is -1.51. The van der Waals surface area contributed by atoms with Crippen molar-refractivity contribution in [2.24, 2.45) is 0 Å². The largest absolute Gasteiger partial charge is 0.481 e. The number of hydrogen-bond acceptors (Lipinski definition) is 2. The lowest BCUT2D eigenvalue weighted by molar-refractivity contribution is -0.138. The average Bonchev–Trinajstić information content (AvgIpc) is 2.16. The van der Waals surface area contributed by atoms with Crippen LogP contribution in [0.5, 0.6) is 0 Å². The van der Waals surface area contributed by atoms with Gasteiger partial charge in [-0.05, 0) is 36.1 Å². The summed E-state index contributed by atoms with van der Waals surface area (Å²) in [7, 11) is 0. The van der Waals surface area contributed by atoms with E-state index in [2.05, 4.69) is 6.42 Å². The van der Waals surface area contributed by atoms with E-state index in [4.69, 9.17) is 10.8 Å². The second-order valence-corrected chi connectivity index (χ2v) is 3.43. The Morgan fingerprint density at radius 3 is 3.07 bits per heavy atom. The lowest BCUT2D eigenvalue weighted by atomic mass is 9.83. The first-order valence-electron chi connectivity index (χ1n) is 4.53. The second kappa shape index (κ2) is 3.33. The SMILES string of the molecule is Nc1ccc2c(c1)CC[C]C2C(=O)O. The summed E-state index contributed by atoms with van der Waals surface area (Å²) in [5, 5.41) is 8.96. The number of nitrogen functional groups attached to an aromatic ring is 1. The van der Waals surface area contributed by atoms with Crippen LogP contribution in [0.2, 0.25) is 0 Å². The fourth-order valence-electron chi connectivity index (χ4n) is 1.81. The number of nitrogens with two attached hydrogens (primary N) is 1. The quantitative estimate of drug-likeness (QED) is 0.657. The van der Waals surface area contributed by atoms with Crippen LogP contribution >= 0.6 is 0 Å². The number of rotatable bonds is 1. The van der Waals surface area contributed by atoms with Crippen molar-refractivity contribution < 1.29 is 9.90 Å². The van der Waals surface area contributed by atoms with Crippen molar-refractivity contribution in [1.29, 1.82) is 0 Å². The van der Waals surface area contributed by atoms with Crippen molar-refractivity contribution in [2.75, 3.05) is 5.73 Å². The topological polar surface area (TPSA) is 63.3 Å². The van der Waals surface area contributed by atoms with Crippen LogP contribution in [0.15, 0.2) is 18.2 Å². The number of carboxylic acids is 1. The maximum absolute atomic E-state index is 10.9. The third-order valence-electron chi connectivity index (χ3n) is 2.47. The van der Waals surface area contributed by atoms with Crippen LogP contribution < -0.4 is 5.73 Å². The Morgan fingerprint density at radius 1 is 1.57 bits per heavy atom. The van der Waals surface area contributed by atoms with Gasteiger partial charge in [-0.3, -0.25) is 4.79 Å². The Balaban J connectivity index is 2.44. The van der Waals surface area contributed by atoms with E-state index in [1.165, 1.54) is 0 Å². The molecule has 1 aromatic rings. The number of carbonyl (C=O) groups is 1. The molecule has 1 aliphatic rings. The molecule has 0 saturated carbocycles. The van der Waals surface area contributed by atoms with Crippen molar-refractivity contribution in [3.05, 3.63) is 35.7 Å². The summed E-state index contributed by atoms with van der Waals surface area (Å²) in [4.78, 5) is 10.9. The summed E-state index contributed by atoms with van der Waals surface area (Å²) < 4.78 is 0. The smallest absolute Gasteiger partial charge is 0.311 e. The van der Waals surface area contributed by atoms with Crippen molar-refractivity contribution >= 4 is 11.7 Å².